The van der Waals surface area contributed by atoms with Gasteiger partial charge in [0.15, 0.2) is 0 Å². The highest BCUT2D eigenvalue weighted by Crippen LogP contribution is 2.53. The summed E-state index contributed by atoms with van der Waals surface area (Å²) in [5.41, 5.74) is 13.0. The van der Waals surface area contributed by atoms with Crippen LogP contribution in [-0.4, -0.2) is 0 Å². The highest BCUT2D eigenvalue weighted by molar-refractivity contribution is 7.26. The number of nitrogens with zero attached hydrogens (tertiary/aromatic N) is 1. The Bertz CT molecular complexity index is 3400. The van der Waals surface area contributed by atoms with Crippen LogP contribution in [0.5, 0.6) is 0 Å². The van der Waals surface area contributed by atoms with E-state index in [9.17, 15) is 0 Å². The van der Waals surface area contributed by atoms with E-state index in [0.29, 0.717) is 0 Å². The number of benzene rings is 9. The summed E-state index contributed by atoms with van der Waals surface area (Å²) in [4.78, 5) is 2.48. The van der Waals surface area contributed by atoms with Crippen LogP contribution in [0.2, 0.25) is 0 Å². The minimum atomic E-state index is -0.127. The molecule has 2 aromatic heterocycles. The smallest absolute Gasteiger partial charge is 0.143 e. The Morgan fingerprint density at radius 3 is 2.02 bits per heavy atom. The van der Waals surface area contributed by atoms with Gasteiger partial charge in [-0.3, -0.25) is 0 Å². The van der Waals surface area contributed by atoms with Crippen LogP contribution in [0.1, 0.15) is 25.0 Å². The third kappa shape index (κ3) is 4.43. The van der Waals surface area contributed by atoms with Gasteiger partial charge in [0.1, 0.15) is 11.2 Å². The number of rotatable bonds is 4. The van der Waals surface area contributed by atoms with Crippen LogP contribution < -0.4 is 4.90 Å². The molecule has 264 valence electrons. The zero-order valence-corrected chi connectivity index (χ0v) is 31.8. The van der Waals surface area contributed by atoms with Crippen molar-refractivity contribution in [2.45, 2.75) is 19.3 Å². The first-order chi connectivity index (χ1) is 27.5. The largest absolute Gasteiger partial charge is 0.455 e. The second-order valence-corrected chi connectivity index (χ2v) is 16.7. The topological polar surface area (TPSA) is 16.4 Å². The van der Waals surface area contributed by atoms with Crippen molar-refractivity contribution in [1.82, 2.24) is 0 Å². The van der Waals surface area contributed by atoms with Gasteiger partial charge in [-0.1, -0.05) is 135 Å². The second kappa shape index (κ2) is 11.7. The molecule has 0 radical (unpaired) electrons. The van der Waals surface area contributed by atoms with Crippen molar-refractivity contribution < 1.29 is 4.42 Å². The highest BCUT2D eigenvalue weighted by Gasteiger charge is 2.36. The predicted molar refractivity (Wildman–Crippen MR) is 239 cm³/mol. The monoisotopic (exact) mass is 733 g/mol. The van der Waals surface area contributed by atoms with Gasteiger partial charge in [-0.2, -0.15) is 0 Å². The molecule has 3 heteroatoms. The summed E-state index contributed by atoms with van der Waals surface area (Å²) in [6.07, 6.45) is 0. The number of furan rings is 1. The summed E-state index contributed by atoms with van der Waals surface area (Å²) in [7, 11) is 0. The van der Waals surface area contributed by atoms with Gasteiger partial charge in [-0.15, -0.1) is 11.3 Å². The molecule has 0 aliphatic heterocycles. The maximum atomic E-state index is 6.74. The summed E-state index contributed by atoms with van der Waals surface area (Å²) in [5.74, 6) is 0. The molecule has 0 atom stereocenters. The van der Waals surface area contributed by atoms with E-state index in [1.165, 1.54) is 75.1 Å². The summed E-state index contributed by atoms with van der Waals surface area (Å²) >= 11 is 1.86. The first-order valence-corrected chi connectivity index (χ1v) is 20.2. The minimum absolute atomic E-state index is 0.127. The molecule has 56 heavy (non-hydrogen) atoms. The molecule has 0 N–H and O–H groups in total. The van der Waals surface area contributed by atoms with E-state index in [-0.39, 0.29) is 5.41 Å². The van der Waals surface area contributed by atoms with Gasteiger partial charge in [0.2, 0.25) is 0 Å². The van der Waals surface area contributed by atoms with Gasteiger partial charge in [0.05, 0.1) is 5.69 Å². The Kier molecular flexibility index (Phi) is 6.59. The average Bonchev–Trinajstić information content (AvgIpc) is 3.89. The first kappa shape index (κ1) is 31.6. The number of anilines is 3. The lowest BCUT2D eigenvalue weighted by Gasteiger charge is -2.29. The molecule has 11 aromatic rings. The number of hydrogen-bond acceptors (Lipinski definition) is 3. The molecular weight excluding hydrogens is 699 g/mol. The molecule has 0 saturated carbocycles. The fourth-order valence-electron chi connectivity index (χ4n) is 9.60. The van der Waals surface area contributed by atoms with Crippen molar-refractivity contribution in [2.24, 2.45) is 0 Å². The lowest BCUT2D eigenvalue weighted by atomic mass is 9.82. The summed E-state index contributed by atoms with van der Waals surface area (Å²) < 4.78 is 9.26. The van der Waals surface area contributed by atoms with Crippen LogP contribution >= 0.6 is 11.3 Å². The van der Waals surface area contributed by atoms with Crippen molar-refractivity contribution in [3.63, 3.8) is 0 Å². The second-order valence-electron chi connectivity index (χ2n) is 15.6. The van der Waals surface area contributed by atoms with E-state index in [1.54, 1.807) is 0 Å². The Morgan fingerprint density at radius 2 is 1.14 bits per heavy atom. The lowest BCUT2D eigenvalue weighted by Crippen LogP contribution is -2.16. The van der Waals surface area contributed by atoms with Crippen LogP contribution in [0.15, 0.2) is 180 Å². The minimum Gasteiger partial charge on any atom is -0.455 e. The van der Waals surface area contributed by atoms with E-state index < -0.39 is 0 Å². The van der Waals surface area contributed by atoms with Crippen molar-refractivity contribution in [2.75, 3.05) is 4.90 Å². The first-order valence-electron chi connectivity index (χ1n) is 19.3. The fraction of sp³-hybridized carbons (Fsp3) is 0.0566. The lowest BCUT2D eigenvalue weighted by molar-refractivity contribution is 0.660. The molecule has 2 heterocycles. The average molecular weight is 734 g/mol. The zero-order chi connectivity index (χ0) is 37.1. The Hall–Kier alpha value is -6.68. The van der Waals surface area contributed by atoms with Gasteiger partial charge in [-0.25, -0.2) is 0 Å². The van der Waals surface area contributed by atoms with Crippen molar-refractivity contribution in [1.29, 1.82) is 0 Å². The SMILES string of the molecule is CC1(C)c2ccccc2-c2ccc(N(c3ccc(-c4cccc5ccccc45)cc3)c3cccc4sc5ccc6oc7c8ccccc8ccc7c6c5c34)cc21. The Balaban J connectivity index is 1.13. The third-order valence-electron chi connectivity index (χ3n) is 12.3. The van der Waals surface area contributed by atoms with Gasteiger partial charge in [0, 0.05) is 53.1 Å². The molecule has 0 unspecified atom stereocenters. The summed E-state index contributed by atoms with van der Waals surface area (Å²) in [6.45, 7) is 4.73. The quantitative estimate of drug-likeness (QED) is 0.179. The molecule has 1 aliphatic rings. The molecule has 0 amide bonds. The van der Waals surface area contributed by atoms with E-state index in [4.69, 9.17) is 4.42 Å². The number of hydrogen-bond donors (Lipinski definition) is 0. The molecule has 9 aromatic carbocycles. The molecule has 0 fully saturated rings. The summed E-state index contributed by atoms with van der Waals surface area (Å²) in [6, 6.07) is 64.6. The fourth-order valence-corrected chi connectivity index (χ4v) is 10.7. The van der Waals surface area contributed by atoms with Gasteiger partial charge >= 0.3 is 0 Å². The van der Waals surface area contributed by atoms with Gasteiger partial charge in [-0.05, 0) is 104 Å². The van der Waals surface area contributed by atoms with Crippen molar-refractivity contribution in [3.8, 4) is 22.3 Å². The molecule has 2 nitrogen and oxygen atoms in total. The van der Waals surface area contributed by atoms with Gasteiger partial charge < -0.3 is 9.32 Å². The molecule has 0 spiro atoms. The third-order valence-corrected chi connectivity index (χ3v) is 13.4. The van der Waals surface area contributed by atoms with Crippen LogP contribution in [0.25, 0.3) is 85.9 Å². The van der Waals surface area contributed by atoms with Crippen LogP contribution in [-0.2, 0) is 5.41 Å². The van der Waals surface area contributed by atoms with Crippen LogP contribution in [0.3, 0.4) is 0 Å². The standard InChI is InChI=1S/C53H35NOS/c1-53(2)43-18-8-7-16-40(43)41-28-26-36(31-44(41)53)54(35-24-21-34(22-25-35)38-17-9-13-32-11-3-5-14-37(32)38)45-19-10-20-47-50(45)51-48(56-47)30-29-46-49(51)42-27-23-33-12-4-6-15-39(33)52(42)55-46/h3-31H,1-2H3. The maximum absolute atomic E-state index is 6.74. The zero-order valence-electron chi connectivity index (χ0n) is 31.0. The van der Waals surface area contributed by atoms with Crippen LogP contribution in [0, 0.1) is 0 Å². The summed E-state index contributed by atoms with van der Waals surface area (Å²) in [5, 5.41) is 9.67. The highest BCUT2D eigenvalue weighted by atomic mass is 32.1. The normalized spacial score (nSPS) is 13.3. The maximum Gasteiger partial charge on any atom is 0.143 e. The molecule has 0 bridgehead atoms. The Morgan fingerprint density at radius 1 is 0.464 bits per heavy atom. The number of thiophene rings is 1. The molecule has 12 rings (SSSR count). The molecule has 1 aliphatic carbocycles. The van der Waals surface area contributed by atoms with Gasteiger partial charge in [0.25, 0.3) is 0 Å². The van der Waals surface area contributed by atoms with E-state index >= 15 is 0 Å². The predicted octanol–water partition coefficient (Wildman–Crippen LogP) is 15.7. The van der Waals surface area contributed by atoms with Crippen LogP contribution in [0.4, 0.5) is 17.1 Å². The number of fused-ring (bicyclic) bond motifs is 13. The van der Waals surface area contributed by atoms with E-state index in [2.05, 4.69) is 195 Å². The molecule has 0 saturated heterocycles. The van der Waals surface area contributed by atoms with Crippen molar-refractivity contribution >= 4 is 92.1 Å². The van der Waals surface area contributed by atoms with E-state index in [1.807, 2.05) is 11.3 Å². The van der Waals surface area contributed by atoms with Crippen molar-refractivity contribution in [3.05, 3.63) is 187 Å². The van der Waals surface area contributed by atoms with E-state index in [0.717, 1.165) is 39.0 Å². The molecular formula is C53H35NOS. The Labute approximate surface area is 328 Å².